The fraction of sp³-hybridized carbons (Fsp3) is 0.462. The molecule has 0 spiro atoms. The van der Waals surface area contributed by atoms with Crippen molar-refractivity contribution in [2.45, 2.75) is 13.3 Å². The van der Waals surface area contributed by atoms with E-state index < -0.39 is 0 Å². The van der Waals surface area contributed by atoms with Gasteiger partial charge in [0.25, 0.3) is 5.91 Å². The number of amides is 1. The Balaban J connectivity index is 1.66. The van der Waals surface area contributed by atoms with E-state index >= 15 is 0 Å². The summed E-state index contributed by atoms with van der Waals surface area (Å²) < 4.78 is 4.23. The predicted octanol–water partition coefficient (Wildman–Crippen LogP) is 2.26. The SMILES string of the molecule is Cc1nsc(N2CCCN(C(=O)c3cccs3)CC2)n1. The van der Waals surface area contributed by atoms with E-state index in [4.69, 9.17) is 0 Å². The van der Waals surface area contributed by atoms with Gasteiger partial charge in [-0.2, -0.15) is 4.37 Å². The lowest BCUT2D eigenvalue weighted by atomic mass is 10.3. The van der Waals surface area contributed by atoms with Crippen LogP contribution in [0.5, 0.6) is 0 Å². The second-order valence-electron chi connectivity index (χ2n) is 4.73. The van der Waals surface area contributed by atoms with Crippen LogP contribution in [0.15, 0.2) is 17.5 Å². The van der Waals surface area contributed by atoms with E-state index in [1.165, 1.54) is 22.9 Å². The summed E-state index contributed by atoms with van der Waals surface area (Å²) in [4.78, 5) is 21.8. The van der Waals surface area contributed by atoms with Crippen LogP contribution in [0.3, 0.4) is 0 Å². The molecule has 0 unspecified atom stereocenters. The Bertz CT molecular complexity index is 581. The van der Waals surface area contributed by atoms with Crippen molar-refractivity contribution in [3.8, 4) is 0 Å². The highest BCUT2D eigenvalue weighted by Crippen LogP contribution is 2.20. The van der Waals surface area contributed by atoms with Gasteiger partial charge < -0.3 is 9.80 Å². The molecule has 3 rings (SSSR count). The van der Waals surface area contributed by atoms with E-state index in [2.05, 4.69) is 14.3 Å². The molecule has 2 aromatic heterocycles. The summed E-state index contributed by atoms with van der Waals surface area (Å²) in [7, 11) is 0. The van der Waals surface area contributed by atoms with E-state index in [-0.39, 0.29) is 5.91 Å². The van der Waals surface area contributed by atoms with E-state index in [9.17, 15) is 4.79 Å². The van der Waals surface area contributed by atoms with Crippen molar-refractivity contribution < 1.29 is 4.79 Å². The molecule has 0 atom stereocenters. The fourth-order valence-electron chi connectivity index (χ4n) is 2.28. The number of aryl methyl sites for hydroxylation is 1. The van der Waals surface area contributed by atoms with Crippen molar-refractivity contribution in [3.63, 3.8) is 0 Å². The Morgan fingerprint density at radius 2 is 2.20 bits per heavy atom. The van der Waals surface area contributed by atoms with Gasteiger partial charge in [0.2, 0.25) is 5.13 Å². The molecule has 1 aliphatic rings. The van der Waals surface area contributed by atoms with Gasteiger partial charge in [0.1, 0.15) is 5.82 Å². The van der Waals surface area contributed by atoms with Crippen LogP contribution in [-0.4, -0.2) is 46.3 Å². The molecule has 1 amide bonds. The maximum absolute atomic E-state index is 12.4. The van der Waals surface area contributed by atoms with Crippen molar-refractivity contribution in [2.24, 2.45) is 0 Å². The fourth-order valence-corrected chi connectivity index (χ4v) is 3.70. The number of hydrogen-bond donors (Lipinski definition) is 0. The molecule has 1 fully saturated rings. The normalized spacial score (nSPS) is 16.2. The number of hydrogen-bond acceptors (Lipinski definition) is 6. The van der Waals surface area contributed by atoms with Gasteiger partial charge in [-0.05, 0) is 24.8 Å². The first-order valence-electron chi connectivity index (χ1n) is 6.62. The average Bonchev–Trinajstić information content (AvgIpc) is 3.05. The maximum atomic E-state index is 12.4. The monoisotopic (exact) mass is 308 g/mol. The van der Waals surface area contributed by atoms with Crippen LogP contribution < -0.4 is 4.90 Å². The zero-order valence-corrected chi connectivity index (χ0v) is 12.9. The second kappa shape index (κ2) is 5.88. The molecule has 20 heavy (non-hydrogen) atoms. The minimum atomic E-state index is 0.148. The molecular weight excluding hydrogens is 292 g/mol. The van der Waals surface area contributed by atoms with Crippen molar-refractivity contribution in [3.05, 3.63) is 28.2 Å². The maximum Gasteiger partial charge on any atom is 0.263 e. The quantitative estimate of drug-likeness (QED) is 0.854. The molecule has 1 aliphatic heterocycles. The molecule has 1 saturated heterocycles. The van der Waals surface area contributed by atoms with Crippen LogP contribution in [-0.2, 0) is 0 Å². The third-order valence-electron chi connectivity index (χ3n) is 3.30. The van der Waals surface area contributed by atoms with Gasteiger partial charge in [0.15, 0.2) is 0 Å². The molecule has 0 radical (unpaired) electrons. The molecule has 3 heterocycles. The van der Waals surface area contributed by atoms with Crippen LogP contribution >= 0.6 is 22.9 Å². The minimum Gasteiger partial charge on any atom is -0.345 e. The number of nitrogens with zero attached hydrogens (tertiary/aromatic N) is 4. The van der Waals surface area contributed by atoms with Gasteiger partial charge in [-0.15, -0.1) is 11.3 Å². The Hall–Kier alpha value is -1.47. The van der Waals surface area contributed by atoms with Crippen LogP contribution in [0.4, 0.5) is 5.13 Å². The highest BCUT2D eigenvalue weighted by Gasteiger charge is 2.22. The zero-order chi connectivity index (χ0) is 13.9. The van der Waals surface area contributed by atoms with Crippen molar-refractivity contribution >= 4 is 33.9 Å². The number of anilines is 1. The highest BCUT2D eigenvalue weighted by molar-refractivity contribution is 7.12. The standard InChI is InChI=1S/C13H16N4OS2/c1-10-14-13(20-15-10)17-6-3-5-16(7-8-17)12(18)11-4-2-9-19-11/h2,4,9H,3,5-8H2,1H3. The predicted molar refractivity (Wildman–Crippen MR) is 81.7 cm³/mol. The van der Waals surface area contributed by atoms with Gasteiger partial charge in [-0.1, -0.05) is 6.07 Å². The molecule has 0 saturated carbocycles. The summed E-state index contributed by atoms with van der Waals surface area (Å²) in [6.45, 7) is 5.22. The lowest BCUT2D eigenvalue weighted by Crippen LogP contribution is -2.34. The summed E-state index contributed by atoms with van der Waals surface area (Å²) in [5.41, 5.74) is 0. The number of carbonyl (C=O) groups is 1. The first-order valence-corrected chi connectivity index (χ1v) is 8.27. The molecule has 0 aromatic carbocycles. The van der Waals surface area contributed by atoms with Crippen molar-refractivity contribution in [1.29, 1.82) is 0 Å². The minimum absolute atomic E-state index is 0.148. The third kappa shape index (κ3) is 2.83. The van der Waals surface area contributed by atoms with Gasteiger partial charge in [-0.3, -0.25) is 4.79 Å². The Morgan fingerprint density at radius 3 is 2.90 bits per heavy atom. The highest BCUT2D eigenvalue weighted by atomic mass is 32.1. The third-order valence-corrected chi connectivity index (χ3v) is 5.03. The van der Waals surface area contributed by atoms with Crippen LogP contribution in [0.25, 0.3) is 0 Å². The summed E-state index contributed by atoms with van der Waals surface area (Å²) >= 11 is 2.94. The first-order chi connectivity index (χ1) is 9.74. The largest absolute Gasteiger partial charge is 0.345 e. The number of carbonyl (C=O) groups excluding carboxylic acids is 1. The Labute approximate surface area is 126 Å². The lowest BCUT2D eigenvalue weighted by Gasteiger charge is -2.20. The Morgan fingerprint density at radius 1 is 1.30 bits per heavy atom. The lowest BCUT2D eigenvalue weighted by molar-refractivity contribution is 0.0772. The number of thiophene rings is 1. The molecule has 2 aromatic rings. The summed E-state index contributed by atoms with van der Waals surface area (Å²) in [6.07, 6.45) is 0.968. The van der Waals surface area contributed by atoms with Gasteiger partial charge in [0.05, 0.1) is 4.88 Å². The van der Waals surface area contributed by atoms with E-state index in [0.29, 0.717) is 0 Å². The van der Waals surface area contributed by atoms with Crippen LogP contribution in [0.2, 0.25) is 0 Å². The summed E-state index contributed by atoms with van der Waals surface area (Å²) in [5, 5.41) is 2.91. The molecule has 106 valence electrons. The van der Waals surface area contributed by atoms with Gasteiger partial charge in [0, 0.05) is 37.7 Å². The summed E-state index contributed by atoms with van der Waals surface area (Å²) in [5.74, 6) is 0.969. The topological polar surface area (TPSA) is 49.3 Å². The molecule has 0 N–H and O–H groups in total. The van der Waals surface area contributed by atoms with Gasteiger partial charge in [-0.25, -0.2) is 4.98 Å². The molecule has 0 bridgehead atoms. The van der Waals surface area contributed by atoms with Crippen molar-refractivity contribution in [1.82, 2.24) is 14.3 Å². The van der Waals surface area contributed by atoms with E-state index in [0.717, 1.165) is 48.4 Å². The first kappa shape index (κ1) is 13.5. The second-order valence-corrected chi connectivity index (χ2v) is 6.41. The smallest absolute Gasteiger partial charge is 0.263 e. The summed E-state index contributed by atoms with van der Waals surface area (Å²) in [6, 6.07) is 3.82. The molecular formula is C13H16N4OS2. The molecule has 7 heteroatoms. The Kier molecular flexibility index (Phi) is 3.98. The molecule has 5 nitrogen and oxygen atoms in total. The van der Waals surface area contributed by atoms with E-state index in [1.54, 1.807) is 0 Å². The van der Waals surface area contributed by atoms with Crippen LogP contribution in [0.1, 0.15) is 21.9 Å². The average molecular weight is 308 g/mol. The van der Waals surface area contributed by atoms with Crippen molar-refractivity contribution in [2.75, 3.05) is 31.1 Å². The zero-order valence-electron chi connectivity index (χ0n) is 11.3. The van der Waals surface area contributed by atoms with Crippen LogP contribution in [0, 0.1) is 6.92 Å². The van der Waals surface area contributed by atoms with Gasteiger partial charge >= 0.3 is 0 Å². The molecule has 0 aliphatic carbocycles. The van der Waals surface area contributed by atoms with E-state index in [1.807, 2.05) is 29.3 Å². The number of rotatable bonds is 2. The number of aromatic nitrogens is 2.